The molecule has 7 heteroatoms. The summed E-state index contributed by atoms with van der Waals surface area (Å²) in [5, 5.41) is 29.3. The van der Waals surface area contributed by atoms with Crippen molar-refractivity contribution in [2.24, 2.45) is 0 Å². The van der Waals surface area contributed by atoms with E-state index in [1.807, 2.05) is 0 Å². The molecule has 0 amide bonds. The van der Waals surface area contributed by atoms with Gasteiger partial charge in [-0.3, -0.25) is 14.9 Å². The largest absolute Gasteiger partial charge is 0.481 e. The standard InChI is InChI=1S/C12H15NO6/c1-2-7-12(16,8-11(14)15)19-10-5-3-9(4-6-10)13(17)18/h3-6,16H,2,7-8H2,1H3,(H,14,15). The maximum absolute atomic E-state index is 10.7. The number of hydrogen-bond acceptors (Lipinski definition) is 5. The fourth-order valence-electron chi connectivity index (χ4n) is 1.66. The number of carboxylic acid groups (broad SMARTS) is 1. The van der Waals surface area contributed by atoms with Crippen molar-refractivity contribution in [2.45, 2.75) is 32.0 Å². The van der Waals surface area contributed by atoms with Gasteiger partial charge in [0.05, 0.1) is 4.92 Å². The van der Waals surface area contributed by atoms with E-state index in [4.69, 9.17) is 9.84 Å². The van der Waals surface area contributed by atoms with E-state index in [0.717, 1.165) is 0 Å². The molecule has 1 rings (SSSR count). The van der Waals surface area contributed by atoms with Gasteiger partial charge in [-0.05, 0) is 18.6 Å². The number of aliphatic carboxylic acids is 1. The molecule has 104 valence electrons. The molecule has 19 heavy (non-hydrogen) atoms. The molecule has 0 heterocycles. The van der Waals surface area contributed by atoms with Gasteiger partial charge in [0.25, 0.3) is 5.69 Å². The van der Waals surface area contributed by atoms with Crippen molar-refractivity contribution in [2.75, 3.05) is 0 Å². The summed E-state index contributed by atoms with van der Waals surface area (Å²) in [5.74, 6) is -2.81. The molecule has 2 N–H and O–H groups in total. The van der Waals surface area contributed by atoms with Gasteiger partial charge in [0, 0.05) is 18.6 Å². The normalized spacial score (nSPS) is 13.6. The molecule has 0 aliphatic heterocycles. The van der Waals surface area contributed by atoms with Crippen molar-refractivity contribution in [1.29, 1.82) is 0 Å². The molecular weight excluding hydrogens is 254 g/mol. The number of nitro benzene ring substituents is 1. The molecular formula is C12H15NO6. The molecule has 0 radical (unpaired) electrons. The van der Waals surface area contributed by atoms with Gasteiger partial charge in [-0.15, -0.1) is 0 Å². The van der Waals surface area contributed by atoms with Crippen LogP contribution in [0.2, 0.25) is 0 Å². The van der Waals surface area contributed by atoms with Gasteiger partial charge in [0.1, 0.15) is 12.2 Å². The number of nitrogens with zero attached hydrogens (tertiary/aromatic N) is 1. The lowest BCUT2D eigenvalue weighted by Gasteiger charge is -2.27. The average molecular weight is 269 g/mol. The Morgan fingerprint density at radius 2 is 2.00 bits per heavy atom. The summed E-state index contributed by atoms with van der Waals surface area (Å²) in [5.41, 5.74) is -0.107. The number of nitro groups is 1. The predicted octanol–water partition coefficient (Wildman–Crippen LogP) is 1.94. The van der Waals surface area contributed by atoms with Gasteiger partial charge in [0.15, 0.2) is 0 Å². The third-order valence-corrected chi connectivity index (χ3v) is 2.42. The highest BCUT2D eigenvalue weighted by Crippen LogP contribution is 2.25. The van der Waals surface area contributed by atoms with Crippen LogP contribution in [0.15, 0.2) is 24.3 Å². The van der Waals surface area contributed by atoms with E-state index in [-0.39, 0.29) is 17.9 Å². The first-order chi connectivity index (χ1) is 8.86. The average Bonchev–Trinajstić information content (AvgIpc) is 2.28. The SMILES string of the molecule is CCCC(O)(CC(=O)O)Oc1ccc([N+](=O)[O-])cc1. The van der Waals surface area contributed by atoms with Crippen LogP contribution in [-0.4, -0.2) is 26.9 Å². The molecule has 0 saturated heterocycles. The number of non-ortho nitro benzene ring substituents is 1. The number of hydrogen-bond donors (Lipinski definition) is 2. The van der Waals surface area contributed by atoms with Crippen LogP contribution in [0.4, 0.5) is 5.69 Å². The molecule has 0 fully saturated rings. The molecule has 0 aliphatic carbocycles. The van der Waals surface area contributed by atoms with Crippen LogP contribution in [-0.2, 0) is 4.79 Å². The van der Waals surface area contributed by atoms with Gasteiger partial charge >= 0.3 is 5.97 Å². The Hall–Kier alpha value is -2.15. The van der Waals surface area contributed by atoms with Crippen LogP contribution in [0.1, 0.15) is 26.2 Å². The van der Waals surface area contributed by atoms with E-state index in [2.05, 4.69) is 0 Å². The third-order valence-electron chi connectivity index (χ3n) is 2.42. The molecule has 0 aromatic heterocycles. The predicted molar refractivity (Wildman–Crippen MR) is 65.8 cm³/mol. The summed E-state index contributed by atoms with van der Waals surface area (Å²) in [4.78, 5) is 20.6. The number of carbonyl (C=O) groups is 1. The van der Waals surface area contributed by atoms with Crippen LogP contribution in [0.25, 0.3) is 0 Å². The molecule has 1 aromatic rings. The van der Waals surface area contributed by atoms with Crippen LogP contribution in [0.3, 0.4) is 0 Å². The summed E-state index contributed by atoms with van der Waals surface area (Å²) < 4.78 is 5.24. The highest BCUT2D eigenvalue weighted by molar-refractivity contribution is 5.67. The molecule has 7 nitrogen and oxygen atoms in total. The molecule has 1 unspecified atom stereocenters. The molecule has 0 bridgehead atoms. The Morgan fingerprint density at radius 3 is 2.42 bits per heavy atom. The molecule has 0 saturated carbocycles. The van der Waals surface area contributed by atoms with Crippen molar-refractivity contribution in [3.8, 4) is 5.75 Å². The minimum absolute atomic E-state index is 0.107. The second-order valence-corrected chi connectivity index (χ2v) is 4.12. The van der Waals surface area contributed by atoms with E-state index in [1.165, 1.54) is 24.3 Å². The lowest BCUT2D eigenvalue weighted by atomic mass is 10.1. The lowest BCUT2D eigenvalue weighted by Crippen LogP contribution is -2.38. The Kier molecular flexibility index (Phi) is 4.82. The van der Waals surface area contributed by atoms with E-state index in [0.29, 0.717) is 6.42 Å². The summed E-state index contributed by atoms with van der Waals surface area (Å²) in [6.07, 6.45) is 0.130. The monoisotopic (exact) mass is 269 g/mol. The van der Waals surface area contributed by atoms with E-state index in [9.17, 15) is 20.0 Å². The van der Waals surface area contributed by atoms with Crippen LogP contribution < -0.4 is 4.74 Å². The van der Waals surface area contributed by atoms with Gasteiger partial charge in [-0.2, -0.15) is 0 Å². The topological polar surface area (TPSA) is 110 Å². The Labute approximate surface area is 109 Å². The fourth-order valence-corrected chi connectivity index (χ4v) is 1.66. The van der Waals surface area contributed by atoms with Crippen molar-refractivity contribution in [3.63, 3.8) is 0 Å². The van der Waals surface area contributed by atoms with Crippen molar-refractivity contribution < 1.29 is 24.7 Å². The molecule has 1 aromatic carbocycles. The second-order valence-electron chi connectivity index (χ2n) is 4.12. The van der Waals surface area contributed by atoms with Crippen LogP contribution >= 0.6 is 0 Å². The van der Waals surface area contributed by atoms with E-state index >= 15 is 0 Å². The zero-order valence-electron chi connectivity index (χ0n) is 10.4. The van der Waals surface area contributed by atoms with Gasteiger partial charge < -0.3 is 14.9 Å². The second kappa shape index (κ2) is 6.14. The third kappa shape index (κ3) is 4.55. The first kappa shape index (κ1) is 14.9. The maximum Gasteiger partial charge on any atom is 0.310 e. The number of carboxylic acids is 1. The first-order valence-electron chi connectivity index (χ1n) is 5.74. The molecule has 1 atom stereocenters. The fraction of sp³-hybridized carbons (Fsp3) is 0.417. The van der Waals surface area contributed by atoms with Gasteiger partial charge in [0.2, 0.25) is 5.79 Å². The first-order valence-corrected chi connectivity index (χ1v) is 5.74. The Bertz CT molecular complexity index is 458. The van der Waals surface area contributed by atoms with Crippen molar-refractivity contribution in [3.05, 3.63) is 34.4 Å². The number of benzene rings is 1. The highest BCUT2D eigenvalue weighted by atomic mass is 16.6. The molecule has 0 spiro atoms. The van der Waals surface area contributed by atoms with E-state index in [1.54, 1.807) is 6.92 Å². The number of aliphatic hydroxyl groups is 1. The Morgan fingerprint density at radius 1 is 1.42 bits per heavy atom. The summed E-state index contributed by atoms with van der Waals surface area (Å²) >= 11 is 0. The number of rotatable bonds is 7. The summed E-state index contributed by atoms with van der Waals surface area (Å²) in [7, 11) is 0. The minimum Gasteiger partial charge on any atom is -0.481 e. The van der Waals surface area contributed by atoms with Crippen LogP contribution in [0.5, 0.6) is 5.75 Å². The van der Waals surface area contributed by atoms with Crippen molar-refractivity contribution in [1.82, 2.24) is 0 Å². The number of ether oxygens (including phenoxy) is 1. The summed E-state index contributed by atoms with van der Waals surface area (Å²) in [6, 6.07) is 5.09. The zero-order valence-corrected chi connectivity index (χ0v) is 10.4. The van der Waals surface area contributed by atoms with E-state index < -0.39 is 23.1 Å². The quantitative estimate of drug-likeness (QED) is 0.444. The lowest BCUT2D eigenvalue weighted by molar-refractivity contribution is -0.384. The molecule has 0 aliphatic rings. The highest BCUT2D eigenvalue weighted by Gasteiger charge is 2.31. The Balaban J connectivity index is 2.84. The minimum atomic E-state index is -1.81. The maximum atomic E-state index is 10.7. The zero-order chi connectivity index (χ0) is 14.5. The summed E-state index contributed by atoms with van der Waals surface area (Å²) in [6.45, 7) is 1.78. The van der Waals surface area contributed by atoms with Crippen LogP contribution in [0, 0.1) is 10.1 Å². The van der Waals surface area contributed by atoms with Gasteiger partial charge in [-0.25, -0.2) is 0 Å². The smallest absolute Gasteiger partial charge is 0.310 e. The van der Waals surface area contributed by atoms with Crippen molar-refractivity contribution >= 4 is 11.7 Å². The van der Waals surface area contributed by atoms with Gasteiger partial charge in [-0.1, -0.05) is 6.92 Å².